The molecule has 1 unspecified atom stereocenters. The molecule has 5 aliphatic rings. The van der Waals surface area contributed by atoms with Crippen LogP contribution < -0.4 is 5.11 Å². The van der Waals surface area contributed by atoms with E-state index >= 15 is 0 Å². The Bertz CT molecular complexity index is 1250. The van der Waals surface area contributed by atoms with Gasteiger partial charge in [-0.1, -0.05) is 43.2 Å². The highest BCUT2D eigenvalue weighted by Gasteiger charge is 2.74. The predicted octanol–water partition coefficient (Wildman–Crippen LogP) is 3.18. The van der Waals surface area contributed by atoms with Crippen molar-refractivity contribution in [3.8, 4) is 0 Å². The first-order valence-corrected chi connectivity index (χ1v) is 14.3. The lowest BCUT2D eigenvalue weighted by Gasteiger charge is -2.52. The van der Waals surface area contributed by atoms with E-state index in [0.717, 1.165) is 25.7 Å². The van der Waals surface area contributed by atoms with E-state index in [1.807, 2.05) is 38.2 Å². The van der Waals surface area contributed by atoms with Gasteiger partial charge in [-0.2, -0.15) is 0 Å². The van der Waals surface area contributed by atoms with Gasteiger partial charge < -0.3 is 24.1 Å². The van der Waals surface area contributed by atoms with Gasteiger partial charge in [-0.3, -0.25) is 9.59 Å². The van der Waals surface area contributed by atoms with Crippen LogP contribution in [0.15, 0.2) is 47.1 Å². The molecule has 5 rings (SSSR count). The summed E-state index contributed by atoms with van der Waals surface area (Å²) in [5, 5.41) is 12.0. The van der Waals surface area contributed by atoms with Crippen LogP contribution in [0.25, 0.3) is 0 Å². The average Bonchev–Trinajstić information content (AvgIpc) is 3.25. The van der Waals surface area contributed by atoms with Crippen molar-refractivity contribution in [1.82, 2.24) is 0 Å². The number of carbonyl (C=O) groups is 5. The van der Waals surface area contributed by atoms with E-state index in [1.165, 1.54) is 0 Å². The Balaban J connectivity index is 1.60. The fourth-order valence-corrected chi connectivity index (χ4v) is 7.38. The first-order valence-electron chi connectivity index (χ1n) is 14.3. The zero-order valence-corrected chi connectivity index (χ0v) is 22.9. The number of aliphatic carboxylic acids is 1. The Hall–Kier alpha value is -3.33. The van der Waals surface area contributed by atoms with Crippen LogP contribution in [0.2, 0.25) is 0 Å². The van der Waals surface area contributed by atoms with E-state index in [-0.39, 0.29) is 48.0 Å². The molecule has 0 saturated carbocycles. The molecule has 40 heavy (non-hydrogen) atoms. The fourth-order valence-electron chi connectivity index (χ4n) is 7.38. The molecule has 3 aliphatic heterocycles. The maximum absolute atomic E-state index is 13.6. The third-order valence-electron chi connectivity index (χ3n) is 9.11. The smallest absolute Gasteiger partial charge is 0.343 e. The average molecular weight is 552 g/mol. The Kier molecular flexibility index (Phi) is 7.70. The quantitative estimate of drug-likeness (QED) is 0.155. The number of ether oxygens (including phenoxy) is 3. The summed E-state index contributed by atoms with van der Waals surface area (Å²) < 4.78 is 17.4. The SMILES string of the molecule is C/C=C/CCCCC[C@H]1C=C2C34OC(=O)[C@]2(CC(=O)[O-])CC2=C(C(=O)OC2=O)[C@H]3[C@@H]1C[C@@H](C(=O)CC/C=C/C)O4. The molecule has 0 radical (unpaired) electrons. The van der Waals surface area contributed by atoms with Crippen molar-refractivity contribution in [1.29, 1.82) is 0 Å². The molecule has 0 amide bonds. The number of hydrogen-bond donors (Lipinski definition) is 0. The van der Waals surface area contributed by atoms with Crippen molar-refractivity contribution in [3.63, 3.8) is 0 Å². The van der Waals surface area contributed by atoms with Gasteiger partial charge in [-0.15, -0.1) is 0 Å². The summed E-state index contributed by atoms with van der Waals surface area (Å²) in [7, 11) is 0. The molecule has 9 nitrogen and oxygen atoms in total. The Morgan fingerprint density at radius 1 is 1.05 bits per heavy atom. The number of ketones is 1. The first kappa shape index (κ1) is 28.2. The molecule has 2 aliphatic carbocycles. The highest BCUT2D eigenvalue weighted by Crippen LogP contribution is 2.67. The summed E-state index contributed by atoms with van der Waals surface area (Å²) in [4.78, 5) is 65.0. The van der Waals surface area contributed by atoms with Crippen molar-refractivity contribution >= 4 is 29.7 Å². The number of carboxylic acid groups (broad SMARTS) is 1. The Morgan fingerprint density at radius 2 is 1.80 bits per heavy atom. The molecule has 214 valence electrons. The first-order chi connectivity index (χ1) is 19.2. The minimum Gasteiger partial charge on any atom is -0.550 e. The number of rotatable bonds is 12. The second kappa shape index (κ2) is 10.9. The van der Waals surface area contributed by atoms with Crippen molar-refractivity contribution in [2.75, 3.05) is 0 Å². The zero-order chi connectivity index (χ0) is 28.7. The van der Waals surface area contributed by atoms with E-state index < -0.39 is 53.5 Å². The van der Waals surface area contributed by atoms with Crippen molar-refractivity contribution in [2.45, 2.75) is 89.9 Å². The lowest BCUT2D eigenvalue weighted by molar-refractivity contribution is -0.307. The molecule has 0 aromatic rings. The predicted molar refractivity (Wildman–Crippen MR) is 139 cm³/mol. The van der Waals surface area contributed by atoms with Gasteiger partial charge in [-0.05, 0) is 57.8 Å². The lowest BCUT2D eigenvalue weighted by Crippen LogP contribution is -2.59. The van der Waals surface area contributed by atoms with E-state index in [0.29, 0.717) is 18.4 Å². The molecular weight excluding hydrogens is 516 g/mol. The largest absolute Gasteiger partial charge is 0.550 e. The van der Waals surface area contributed by atoms with Crippen molar-refractivity contribution in [2.24, 2.45) is 23.2 Å². The van der Waals surface area contributed by atoms with Gasteiger partial charge in [0.05, 0.1) is 17.1 Å². The van der Waals surface area contributed by atoms with Gasteiger partial charge in [0.2, 0.25) is 5.79 Å². The number of esters is 3. The molecule has 0 aromatic carbocycles. The summed E-state index contributed by atoms with van der Waals surface area (Å²) in [5.74, 6) is -7.45. The van der Waals surface area contributed by atoms with E-state index in [1.54, 1.807) is 0 Å². The van der Waals surface area contributed by atoms with Crippen LogP contribution in [0.5, 0.6) is 0 Å². The molecule has 0 N–H and O–H groups in total. The fraction of sp³-hybridized carbons (Fsp3) is 0.581. The summed E-state index contributed by atoms with van der Waals surface area (Å²) in [6.07, 6.45) is 13.3. The van der Waals surface area contributed by atoms with Crippen LogP contribution in [0.4, 0.5) is 0 Å². The number of carboxylic acids is 1. The molecule has 6 atom stereocenters. The molecule has 3 heterocycles. The van der Waals surface area contributed by atoms with Crippen LogP contribution in [-0.2, 0) is 38.2 Å². The van der Waals surface area contributed by atoms with Crippen LogP contribution in [0.1, 0.15) is 78.1 Å². The minimum atomic E-state index is -1.85. The van der Waals surface area contributed by atoms with Crippen LogP contribution >= 0.6 is 0 Å². The minimum absolute atomic E-state index is 0.000799. The number of Topliss-reactive ketones (excluding diaryl/α,β-unsaturated/α-hetero) is 1. The van der Waals surface area contributed by atoms with Crippen molar-refractivity contribution in [3.05, 3.63) is 47.1 Å². The van der Waals surface area contributed by atoms with E-state index in [4.69, 9.17) is 14.2 Å². The monoisotopic (exact) mass is 551 g/mol. The second-order valence-electron chi connectivity index (χ2n) is 11.4. The number of unbranched alkanes of at least 4 members (excludes halogenated alkanes) is 3. The summed E-state index contributed by atoms with van der Waals surface area (Å²) >= 11 is 0. The molecule has 0 aromatic heterocycles. The van der Waals surface area contributed by atoms with Gasteiger partial charge in [0.15, 0.2) is 5.78 Å². The topological polar surface area (TPSA) is 136 Å². The normalized spacial score (nSPS) is 34.1. The van der Waals surface area contributed by atoms with Gasteiger partial charge in [-0.25, -0.2) is 9.59 Å². The number of carbonyl (C=O) groups excluding carboxylic acids is 5. The third-order valence-corrected chi connectivity index (χ3v) is 9.11. The van der Waals surface area contributed by atoms with Crippen LogP contribution in [0, 0.1) is 23.2 Å². The molecule has 9 heteroatoms. The molecule has 1 spiro atoms. The highest BCUT2D eigenvalue weighted by atomic mass is 16.7. The highest BCUT2D eigenvalue weighted by molar-refractivity contribution is 6.14. The zero-order valence-electron chi connectivity index (χ0n) is 22.9. The molecular formula is C31H35O9-. The maximum atomic E-state index is 13.6. The van der Waals surface area contributed by atoms with E-state index in [2.05, 4.69) is 6.08 Å². The molecule has 2 fully saturated rings. The van der Waals surface area contributed by atoms with Crippen molar-refractivity contribution < 1.29 is 43.3 Å². The number of cyclic esters (lactones) is 2. The van der Waals surface area contributed by atoms with Gasteiger partial charge >= 0.3 is 17.9 Å². The maximum Gasteiger partial charge on any atom is 0.343 e. The summed E-state index contributed by atoms with van der Waals surface area (Å²) in [6.45, 7) is 3.85. The molecule has 5 bridgehead atoms. The standard InChI is InChI=1S/C31H36O9/c1-3-5-7-8-9-11-12-18-14-23-30(17-24(33)34)16-20-25(28(36)38-27(20)35)26-19(18)15-22(21(32)13-10-6-4-2)39-31(23,26)40-29(30)37/h3-6,14,18-19,22,26H,7-13,15-17H2,1-2H3,(H,33,34)/p-1/b5-3+,6-4+/t18-,19+,22-,26+,30-,31?/m0/s1. The van der Waals surface area contributed by atoms with Gasteiger partial charge in [0, 0.05) is 30.8 Å². The summed E-state index contributed by atoms with van der Waals surface area (Å²) in [5.41, 5.74) is -1.40. The lowest BCUT2D eigenvalue weighted by atomic mass is 9.59. The summed E-state index contributed by atoms with van der Waals surface area (Å²) in [6, 6.07) is 0. The Morgan fingerprint density at radius 3 is 2.52 bits per heavy atom. The van der Waals surface area contributed by atoms with Gasteiger partial charge in [0.1, 0.15) is 11.5 Å². The number of allylic oxidation sites excluding steroid dienone is 5. The van der Waals surface area contributed by atoms with Crippen LogP contribution in [-0.4, -0.2) is 41.6 Å². The molecule has 2 saturated heterocycles. The number of hydrogen-bond acceptors (Lipinski definition) is 9. The Labute approximate surface area is 233 Å². The second-order valence-corrected chi connectivity index (χ2v) is 11.4. The van der Waals surface area contributed by atoms with E-state index in [9.17, 15) is 29.1 Å². The third kappa shape index (κ3) is 4.48. The van der Waals surface area contributed by atoms with Gasteiger partial charge in [0.25, 0.3) is 0 Å². The van der Waals surface area contributed by atoms with Crippen LogP contribution in [0.3, 0.4) is 0 Å².